The van der Waals surface area contributed by atoms with Crippen molar-refractivity contribution >= 4 is 22.8 Å². The Bertz CT molecular complexity index is 967. The molecule has 0 aliphatic heterocycles. The molecule has 2 heterocycles. The van der Waals surface area contributed by atoms with Gasteiger partial charge < -0.3 is 27.5 Å². The molecule has 26 heavy (non-hydrogen) atoms. The number of aromatic nitrogens is 3. The van der Waals surface area contributed by atoms with Gasteiger partial charge in [0, 0.05) is 24.7 Å². The topological polar surface area (TPSA) is 153 Å². The van der Waals surface area contributed by atoms with Crippen LogP contribution < -0.4 is 28.2 Å². The Kier molecular flexibility index (Phi) is 5.18. The van der Waals surface area contributed by atoms with Crippen LogP contribution >= 0.6 is 0 Å². The summed E-state index contributed by atoms with van der Waals surface area (Å²) in [7, 11) is 0. The summed E-state index contributed by atoms with van der Waals surface area (Å²) in [5, 5.41) is 4.11. The highest BCUT2D eigenvalue weighted by Gasteiger charge is 2.06. The van der Waals surface area contributed by atoms with Gasteiger partial charge in [-0.1, -0.05) is 12.1 Å². The van der Waals surface area contributed by atoms with E-state index in [1.54, 1.807) is 12.3 Å². The molecule has 0 radical (unpaired) electrons. The standard InChI is InChI=1S/C17H22N8O/c18-14-8-12-10-25(17(26)24-15(12)23-14)13-4-2-11(3-5-13)9-21-6-1-7-22-16(19)20/h2-5,8,10,21H,1,6-7,9,18H2,(H4,19,20,22)(H,23,24,26). The number of nitrogens with one attached hydrogen (secondary N) is 2. The van der Waals surface area contributed by atoms with Gasteiger partial charge in [-0.25, -0.2) is 4.79 Å². The molecule has 0 unspecified atom stereocenters. The zero-order chi connectivity index (χ0) is 18.5. The minimum atomic E-state index is -0.357. The first kappa shape index (κ1) is 17.5. The number of hydrogen-bond acceptors (Lipinski definition) is 5. The molecule has 0 atom stereocenters. The summed E-state index contributed by atoms with van der Waals surface area (Å²) in [6, 6.07) is 9.47. The Hall–Kier alpha value is -3.33. The van der Waals surface area contributed by atoms with Gasteiger partial charge in [-0.3, -0.25) is 9.56 Å². The maximum absolute atomic E-state index is 12.2. The van der Waals surface area contributed by atoms with Crippen LogP contribution in [0.3, 0.4) is 0 Å². The summed E-state index contributed by atoms with van der Waals surface area (Å²) in [5.41, 5.74) is 18.3. The number of H-pyrrole nitrogens is 1. The van der Waals surface area contributed by atoms with Crippen molar-refractivity contribution in [2.24, 2.45) is 16.5 Å². The molecule has 136 valence electrons. The zero-order valence-electron chi connectivity index (χ0n) is 14.3. The quantitative estimate of drug-likeness (QED) is 0.229. The molecule has 0 spiro atoms. The first-order chi connectivity index (χ1) is 12.5. The van der Waals surface area contributed by atoms with E-state index >= 15 is 0 Å². The Labute approximate surface area is 149 Å². The van der Waals surface area contributed by atoms with Crippen molar-refractivity contribution in [3.63, 3.8) is 0 Å². The molecule has 0 aliphatic rings. The lowest BCUT2D eigenvalue weighted by Crippen LogP contribution is -2.23. The molecule has 0 bridgehead atoms. The van der Waals surface area contributed by atoms with E-state index < -0.39 is 0 Å². The highest BCUT2D eigenvalue weighted by Crippen LogP contribution is 2.15. The Morgan fingerprint density at radius 1 is 1.27 bits per heavy atom. The molecule has 9 nitrogen and oxygen atoms in total. The molecule has 3 rings (SSSR count). The molecule has 0 fully saturated rings. The molecule has 1 aromatic carbocycles. The maximum Gasteiger partial charge on any atom is 0.354 e. The van der Waals surface area contributed by atoms with Gasteiger partial charge >= 0.3 is 5.69 Å². The predicted octanol–water partition coefficient (Wildman–Crippen LogP) is 0.0491. The molecule has 2 aromatic heterocycles. The molecular weight excluding hydrogens is 332 g/mol. The second-order valence-electron chi connectivity index (χ2n) is 5.93. The molecule has 0 saturated carbocycles. The number of nitrogens with two attached hydrogens (primary N) is 3. The van der Waals surface area contributed by atoms with Gasteiger partial charge in [0.05, 0.1) is 5.69 Å². The first-order valence-electron chi connectivity index (χ1n) is 8.26. The summed E-state index contributed by atoms with van der Waals surface area (Å²) >= 11 is 0. The lowest BCUT2D eigenvalue weighted by molar-refractivity contribution is 0.655. The van der Waals surface area contributed by atoms with Crippen LogP contribution in [0.4, 0.5) is 5.82 Å². The van der Waals surface area contributed by atoms with Crippen LogP contribution in [0.1, 0.15) is 12.0 Å². The number of anilines is 1. The largest absolute Gasteiger partial charge is 0.385 e. The minimum absolute atomic E-state index is 0.117. The summed E-state index contributed by atoms with van der Waals surface area (Å²) in [6.45, 7) is 2.15. The number of benzene rings is 1. The zero-order valence-corrected chi connectivity index (χ0v) is 14.3. The Morgan fingerprint density at radius 3 is 2.77 bits per heavy atom. The van der Waals surface area contributed by atoms with E-state index in [-0.39, 0.29) is 11.6 Å². The highest BCUT2D eigenvalue weighted by atomic mass is 16.1. The van der Waals surface area contributed by atoms with Gasteiger partial charge in [-0.15, -0.1) is 0 Å². The molecule has 3 aromatic rings. The smallest absolute Gasteiger partial charge is 0.354 e. The maximum atomic E-state index is 12.2. The SMILES string of the molecule is NC(N)=NCCCNCc1ccc(-n2cc3cc(N)[nH]c3nc2=O)cc1. The molecular formula is C17H22N8O. The van der Waals surface area contributed by atoms with E-state index in [2.05, 4.69) is 20.3 Å². The molecule has 0 amide bonds. The number of fused-ring (bicyclic) bond motifs is 1. The van der Waals surface area contributed by atoms with Crippen molar-refractivity contribution < 1.29 is 0 Å². The van der Waals surface area contributed by atoms with E-state index in [4.69, 9.17) is 17.2 Å². The summed E-state index contributed by atoms with van der Waals surface area (Å²) in [5.74, 6) is 0.594. The lowest BCUT2D eigenvalue weighted by atomic mass is 10.2. The number of hydrogen-bond donors (Lipinski definition) is 5. The van der Waals surface area contributed by atoms with E-state index in [0.717, 1.165) is 36.1 Å². The third-order valence-electron chi connectivity index (χ3n) is 3.88. The molecule has 8 N–H and O–H groups in total. The highest BCUT2D eigenvalue weighted by molar-refractivity contribution is 5.79. The minimum Gasteiger partial charge on any atom is -0.385 e. The Morgan fingerprint density at radius 2 is 2.04 bits per heavy atom. The number of rotatable bonds is 7. The van der Waals surface area contributed by atoms with Crippen molar-refractivity contribution in [2.45, 2.75) is 13.0 Å². The summed E-state index contributed by atoms with van der Waals surface area (Å²) < 4.78 is 1.50. The van der Waals surface area contributed by atoms with E-state index in [1.165, 1.54) is 4.57 Å². The van der Waals surface area contributed by atoms with Crippen molar-refractivity contribution in [2.75, 3.05) is 18.8 Å². The lowest BCUT2D eigenvalue weighted by Gasteiger charge is -2.08. The number of aliphatic imine (C=N–C) groups is 1. The van der Waals surface area contributed by atoms with Crippen molar-refractivity contribution in [1.29, 1.82) is 0 Å². The molecule has 9 heteroatoms. The monoisotopic (exact) mass is 354 g/mol. The third kappa shape index (κ3) is 4.19. The first-order valence-corrected chi connectivity index (χ1v) is 8.26. The third-order valence-corrected chi connectivity index (χ3v) is 3.88. The van der Waals surface area contributed by atoms with E-state index in [1.807, 2.05) is 24.3 Å². The van der Waals surface area contributed by atoms with Crippen LogP contribution in [0.5, 0.6) is 0 Å². The number of nitrogens with zero attached hydrogens (tertiary/aromatic N) is 3. The Balaban J connectivity index is 1.63. The fraction of sp³-hybridized carbons (Fsp3) is 0.235. The van der Waals surface area contributed by atoms with Crippen LogP contribution in [0.2, 0.25) is 0 Å². The fourth-order valence-corrected chi connectivity index (χ4v) is 2.62. The van der Waals surface area contributed by atoms with Gasteiger partial charge in [-0.2, -0.15) is 4.98 Å². The fourth-order valence-electron chi connectivity index (χ4n) is 2.62. The van der Waals surface area contributed by atoms with Crippen LogP contribution in [-0.4, -0.2) is 33.6 Å². The van der Waals surface area contributed by atoms with Gasteiger partial charge in [0.15, 0.2) is 5.96 Å². The molecule has 0 saturated heterocycles. The van der Waals surface area contributed by atoms with Gasteiger partial charge in [-0.05, 0) is 36.7 Å². The van der Waals surface area contributed by atoms with E-state index in [0.29, 0.717) is 18.0 Å². The van der Waals surface area contributed by atoms with Crippen LogP contribution in [-0.2, 0) is 6.54 Å². The summed E-state index contributed by atoms with van der Waals surface area (Å²) in [6.07, 6.45) is 2.59. The van der Waals surface area contributed by atoms with Gasteiger partial charge in [0.2, 0.25) is 0 Å². The summed E-state index contributed by atoms with van der Waals surface area (Å²) in [4.78, 5) is 23.0. The number of nitrogen functional groups attached to an aromatic ring is 1. The van der Waals surface area contributed by atoms with Crippen LogP contribution in [0, 0.1) is 0 Å². The van der Waals surface area contributed by atoms with Crippen molar-refractivity contribution in [3.05, 3.63) is 52.6 Å². The van der Waals surface area contributed by atoms with Gasteiger partial charge in [0.1, 0.15) is 11.5 Å². The normalized spacial score (nSPS) is 10.9. The average molecular weight is 354 g/mol. The van der Waals surface area contributed by atoms with Crippen molar-refractivity contribution in [1.82, 2.24) is 19.9 Å². The van der Waals surface area contributed by atoms with Crippen molar-refractivity contribution in [3.8, 4) is 5.69 Å². The van der Waals surface area contributed by atoms with E-state index in [9.17, 15) is 4.79 Å². The molecule has 0 aliphatic carbocycles. The van der Waals surface area contributed by atoms with Crippen LogP contribution in [0.25, 0.3) is 16.7 Å². The number of aromatic amines is 1. The second kappa shape index (κ2) is 7.70. The van der Waals surface area contributed by atoms with Crippen LogP contribution in [0.15, 0.2) is 46.3 Å². The number of guanidine groups is 1. The second-order valence-corrected chi connectivity index (χ2v) is 5.93. The average Bonchev–Trinajstić information content (AvgIpc) is 2.96. The van der Waals surface area contributed by atoms with Gasteiger partial charge in [0.25, 0.3) is 0 Å². The predicted molar refractivity (Wildman–Crippen MR) is 103 cm³/mol.